The fourth-order valence-electron chi connectivity index (χ4n) is 3.74. The van der Waals surface area contributed by atoms with Crippen LogP contribution in [0.5, 0.6) is 0 Å². The lowest BCUT2D eigenvalue weighted by Crippen LogP contribution is -2.41. The maximum absolute atomic E-state index is 12.4. The Morgan fingerprint density at radius 1 is 1.20 bits per heavy atom. The second-order valence-corrected chi connectivity index (χ2v) is 7.09. The van der Waals surface area contributed by atoms with Gasteiger partial charge in [-0.1, -0.05) is 0 Å². The van der Waals surface area contributed by atoms with Crippen molar-refractivity contribution in [3.05, 3.63) is 18.0 Å². The molecule has 8 nitrogen and oxygen atoms in total. The summed E-state index contributed by atoms with van der Waals surface area (Å²) in [5.74, 6) is 1.78. The summed E-state index contributed by atoms with van der Waals surface area (Å²) in [7, 11) is 2.06. The molecule has 0 radical (unpaired) electrons. The highest BCUT2D eigenvalue weighted by Crippen LogP contribution is 2.18. The monoisotopic (exact) mass is 343 g/mol. The number of carbonyl (C=O) groups excluding carboxylic acids is 1. The zero-order valence-corrected chi connectivity index (χ0v) is 14.7. The molecule has 1 N–H and O–H groups in total. The van der Waals surface area contributed by atoms with Gasteiger partial charge in [0.25, 0.3) is 0 Å². The molecule has 0 aromatic carbocycles. The van der Waals surface area contributed by atoms with E-state index >= 15 is 0 Å². The molecule has 134 valence electrons. The first kappa shape index (κ1) is 16.3. The van der Waals surface area contributed by atoms with Crippen molar-refractivity contribution in [2.45, 2.75) is 32.2 Å². The number of fused-ring (bicyclic) bond motifs is 1. The van der Waals surface area contributed by atoms with E-state index in [4.69, 9.17) is 0 Å². The summed E-state index contributed by atoms with van der Waals surface area (Å²) in [4.78, 5) is 16.9. The van der Waals surface area contributed by atoms with Crippen LogP contribution in [0.3, 0.4) is 0 Å². The number of nitrogens with one attached hydrogen (secondary N) is 1. The zero-order valence-electron chi connectivity index (χ0n) is 14.7. The molecule has 1 atom stereocenters. The van der Waals surface area contributed by atoms with Crippen molar-refractivity contribution in [3.63, 3.8) is 0 Å². The van der Waals surface area contributed by atoms with Crippen molar-refractivity contribution in [3.8, 4) is 0 Å². The number of anilines is 1. The number of aromatic nitrogens is 4. The molecular weight excluding hydrogens is 318 g/mol. The van der Waals surface area contributed by atoms with Gasteiger partial charge in [-0.15, -0.1) is 15.3 Å². The van der Waals surface area contributed by atoms with E-state index in [-0.39, 0.29) is 11.8 Å². The Morgan fingerprint density at radius 3 is 2.84 bits per heavy atom. The normalized spacial score (nSPS) is 21.8. The molecule has 2 saturated heterocycles. The van der Waals surface area contributed by atoms with Crippen molar-refractivity contribution in [1.29, 1.82) is 0 Å². The van der Waals surface area contributed by atoms with Gasteiger partial charge in [0.05, 0.1) is 12.5 Å². The predicted molar refractivity (Wildman–Crippen MR) is 94.3 cm³/mol. The predicted octanol–water partition coefficient (Wildman–Crippen LogP) is 0.682. The Labute approximate surface area is 147 Å². The number of hydrogen-bond acceptors (Lipinski definition) is 6. The third-order valence-electron chi connectivity index (χ3n) is 5.16. The molecule has 4 rings (SSSR count). The summed E-state index contributed by atoms with van der Waals surface area (Å²) < 4.78 is 1.75. The first-order chi connectivity index (χ1) is 12.2. The molecular formula is C17H25N7O. The van der Waals surface area contributed by atoms with Gasteiger partial charge in [0.1, 0.15) is 5.82 Å². The maximum atomic E-state index is 12.4. The van der Waals surface area contributed by atoms with Crippen LogP contribution in [0.25, 0.3) is 5.65 Å². The highest BCUT2D eigenvalue weighted by Gasteiger charge is 2.24. The first-order valence-corrected chi connectivity index (χ1v) is 9.13. The molecule has 25 heavy (non-hydrogen) atoms. The van der Waals surface area contributed by atoms with E-state index in [1.165, 1.54) is 12.8 Å². The molecule has 0 bridgehead atoms. The summed E-state index contributed by atoms with van der Waals surface area (Å²) in [6.07, 6.45) is 4.44. The van der Waals surface area contributed by atoms with E-state index in [1.807, 2.05) is 12.1 Å². The van der Waals surface area contributed by atoms with E-state index in [2.05, 4.69) is 37.5 Å². The number of likely N-dealkylation sites (tertiary alicyclic amines) is 1. The Kier molecular flexibility index (Phi) is 4.52. The van der Waals surface area contributed by atoms with Gasteiger partial charge in [0.2, 0.25) is 5.91 Å². The topological polar surface area (TPSA) is 78.7 Å². The number of amides is 1. The largest absolute Gasteiger partial charge is 0.355 e. The van der Waals surface area contributed by atoms with Crippen molar-refractivity contribution in [2.24, 2.45) is 5.92 Å². The second kappa shape index (κ2) is 6.95. The van der Waals surface area contributed by atoms with Crippen LogP contribution < -0.4 is 10.2 Å². The second-order valence-electron chi connectivity index (χ2n) is 7.09. The van der Waals surface area contributed by atoms with E-state index < -0.39 is 0 Å². The average molecular weight is 343 g/mol. The van der Waals surface area contributed by atoms with Crippen LogP contribution in [0.1, 0.15) is 31.5 Å². The standard InChI is InChI=1S/C17H25N7O/c1-22-8-4-5-13(12-22)17(25)18-11-16-20-19-14-6-7-15(21-24(14)16)23-9-2-3-10-23/h6-7,13H,2-5,8-12H2,1H3,(H,18,25)/t13-/m0/s1. The number of piperidine rings is 1. The third kappa shape index (κ3) is 3.44. The average Bonchev–Trinajstić information content (AvgIpc) is 3.29. The SMILES string of the molecule is CN1CCC[C@H](C(=O)NCc2nnc3ccc(N4CCCC4)nn23)C1. The summed E-state index contributed by atoms with van der Waals surface area (Å²) in [6, 6.07) is 3.94. The van der Waals surface area contributed by atoms with Crippen molar-refractivity contribution in [1.82, 2.24) is 30.0 Å². The minimum absolute atomic E-state index is 0.0612. The highest BCUT2D eigenvalue weighted by molar-refractivity contribution is 5.78. The lowest BCUT2D eigenvalue weighted by atomic mass is 9.98. The first-order valence-electron chi connectivity index (χ1n) is 9.13. The van der Waals surface area contributed by atoms with Crippen LogP contribution in [-0.2, 0) is 11.3 Å². The number of carbonyl (C=O) groups is 1. The summed E-state index contributed by atoms with van der Waals surface area (Å²) in [5, 5.41) is 16.1. The van der Waals surface area contributed by atoms with Gasteiger partial charge in [-0.2, -0.15) is 4.52 Å². The fourth-order valence-corrected chi connectivity index (χ4v) is 3.74. The number of nitrogens with zero attached hydrogens (tertiary/aromatic N) is 6. The summed E-state index contributed by atoms with van der Waals surface area (Å²) >= 11 is 0. The molecule has 4 heterocycles. The van der Waals surface area contributed by atoms with E-state index in [0.29, 0.717) is 18.0 Å². The molecule has 0 aliphatic carbocycles. The number of hydrogen-bond donors (Lipinski definition) is 1. The van der Waals surface area contributed by atoms with Gasteiger partial charge in [0, 0.05) is 19.6 Å². The molecule has 2 aromatic heterocycles. The van der Waals surface area contributed by atoms with E-state index in [1.54, 1.807) is 4.52 Å². The van der Waals surface area contributed by atoms with Gasteiger partial charge in [0.15, 0.2) is 11.5 Å². The molecule has 2 aliphatic heterocycles. The van der Waals surface area contributed by atoms with E-state index in [0.717, 1.165) is 44.8 Å². The third-order valence-corrected chi connectivity index (χ3v) is 5.16. The fraction of sp³-hybridized carbons (Fsp3) is 0.647. The lowest BCUT2D eigenvalue weighted by molar-refractivity contribution is -0.126. The Morgan fingerprint density at radius 2 is 2.04 bits per heavy atom. The van der Waals surface area contributed by atoms with Gasteiger partial charge in [-0.25, -0.2) is 0 Å². The van der Waals surface area contributed by atoms with Crippen LogP contribution in [0.4, 0.5) is 5.82 Å². The van der Waals surface area contributed by atoms with Crippen LogP contribution in [-0.4, -0.2) is 63.8 Å². The van der Waals surface area contributed by atoms with Crippen molar-refractivity contribution >= 4 is 17.4 Å². The highest BCUT2D eigenvalue weighted by atomic mass is 16.1. The lowest BCUT2D eigenvalue weighted by Gasteiger charge is -2.28. The van der Waals surface area contributed by atoms with Crippen LogP contribution in [0.15, 0.2) is 12.1 Å². The van der Waals surface area contributed by atoms with Gasteiger partial charge in [-0.05, 0) is 51.4 Å². The number of rotatable bonds is 4. The Balaban J connectivity index is 1.45. The Bertz CT molecular complexity index is 753. The Hall–Kier alpha value is -2.22. The van der Waals surface area contributed by atoms with Crippen LogP contribution >= 0.6 is 0 Å². The van der Waals surface area contributed by atoms with Gasteiger partial charge >= 0.3 is 0 Å². The van der Waals surface area contributed by atoms with E-state index in [9.17, 15) is 4.79 Å². The molecule has 2 fully saturated rings. The minimum atomic E-state index is 0.0612. The van der Waals surface area contributed by atoms with Crippen molar-refractivity contribution in [2.75, 3.05) is 38.1 Å². The molecule has 0 unspecified atom stereocenters. The van der Waals surface area contributed by atoms with Gasteiger partial charge in [-0.3, -0.25) is 4.79 Å². The summed E-state index contributed by atoms with van der Waals surface area (Å²) in [5.41, 5.74) is 0.713. The molecule has 8 heteroatoms. The zero-order chi connectivity index (χ0) is 17.2. The van der Waals surface area contributed by atoms with Crippen LogP contribution in [0.2, 0.25) is 0 Å². The quantitative estimate of drug-likeness (QED) is 0.880. The minimum Gasteiger partial charge on any atom is -0.355 e. The summed E-state index contributed by atoms with van der Waals surface area (Å²) in [6.45, 7) is 4.34. The molecule has 2 aromatic rings. The molecule has 0 spiro atoms. The smallest absolute Gasteiger partial charge is 0.224 e. The van der Waals surface area contributed by atoms with Crippen LogP contribution in [0, 0.1) is 5.92 Å². The van der Waals surface area contributed by atoms with Gasteiger partial charge < -0.3 is 15.1 Å². The van der Waals surface area contributed by atoms with Crippen molar-refractivity contribution < 1.29 is 4.79 Å². The maximum Gasteiger partial charge on any atom is 0.224 e. The molecule has 2 aliphatic rings. The molecule has 0 saturated carbocycles. The molecule has 1 amide bonds.